The SMILES string of the molecule is CC(C)C(NC(=O)CN1C(=O)CSC1=O)C(=O)c1nnc(C(C)(C)c2ccc(F)cc2)o1. The van der Waals surface area contributed by atoms with Gasteiger partial charge in [0.25, 0.3) is 11.1 Å². The smallest absolute Gasteiger partial charge is 0.289 e. The summed E-state index contributed by atoms with van der Waals surface area (Å²) in [6.45, 7) is 6.58. The van der Waals surface area contributed by atoms with E-state index in [9.17, 15) is 23.6 Å². The number of carbonyl (C=O) groups is 4. The minimum absolute atomic E-state index is 0.00669. The van der Waals surface area contributed by atoms with Crippen molar-refractivity contribution < 1.29 is 28.0 Å². The van der Waals surface area contributed by atoms with Crippen molar-refractivity contribution in [1.82, 2.24) is 20.4 Å². The van der Waals surface area contributed by atoms with Crippen molar-refractivity contribution in [2.24, 2.45) is 5.92 Å². The van der Waals surface area contributed by atoms with Gasteiger partial charge in [-0.15, -0.1) is 10.2 Å². The zero-order valence-corrected chi connectivity index (χ0v) is 18.9. The number of amides is 3. The molecule has 9 nitrogen and oxygen atoms in total. The number of hydrogen-bond donors (Lipinski definition) is 1. The first-order valence-electron chi connectivity index (χ1n) is 9.91. The summed E-state index contributed by atoms with van der Waals surface area (Å²) >= 11 is 0.824. The van der Waals surface area contributed by atoms with Crippen LogP contribution in [0, 0.1) is 11.7 Å². The summed E-state index contributed by atoms with van der Waals surface area (Å²) in [5.41, 5.74) is -0.0719. The summed E-state index contributed by atoms with van der Waals surface area (Å²) in [7, 11) is 0. The Morgan fingerprint density at radius 2 is 1.88 bits per heavy atom. The number of rotatable bonds is 8. The first kappa shape index (κ1) is 23.6. The summed E-state index contributed by atoms with van der Waals surface area (Å²) in [4.78, 5) is 49.6. The first-order chi connectivity index (χ1) is 15.0. The van der Waals surface area contributed by atoms with Crippen molar-refractivity contribution in [3.63, 3.8) is 0 Å². The number of thioether (sulfide) groups is 1. The van der Waals surface area contributed by atoms with Gasteiger partial charge >= 0.3 is 0 Å². The van der Waals surface area contributed by atoms with Crippen molar-refractivity contribution in [3.8, 4) is 0 Å². The molecule has 1 atom stereocenters. The number of halogens is 1. The van der Waals surface area contributed by atoms with Crippen LogP contribution in [0.15, 0.2) is 28.7 Å². The van der Waals surface area contributed by atoms with Crippen LogP contribution >= 0.6 is 11.8 Å². The minimum Gasteiger partial charge on any atom is -0.417 e. The molecule has 1 unspecified atom stereocenters. The Morgan fingerprint density at radius 3 is 2.44 bits per heavy atom. The molecule has 1 aromatic carbocycles. The number of imide groups is 1. The molecule has 1 fully saturated rings. The monoisotopic (exact) mass is 462 g/mol. The quantitative estimate of drug-likeness (QED) is 0.594. The third-order valence-electron chi connectivity index (χ3n) is 5.14. The summed E-state index contributed by atoms with van der Waals surface area (Å²) in [6, 6.07) is 4.83. The molecule has 1 aliphatic heterocycles. The van der Waals surface area contributed by atoms with Crippen molar-refractivity contribution >= 4 is 34.6 Å². The van der Waals surface area contributed by atoms with Crippen LogP contribution in [0.2, 0.25) is 0 Å². The fourth-order valence-electron chi connectivity index (χ4n) is 3.13. The Morgan fingerprint density at radius 1 is 1.22 bits per heavy atom. The van der Waals surface area contributed by atoms with E-state index < -0.39 is 40.8 Å². The Hall–Kier alpha value is -3.08. The molecular formula is C21H23FN4O5S. The van der Waals surface area contributed by atoms with Crippen molar-refractivity contribution in [2.75, 3.05) is 12.3 Å². The van der Waals surface area contributed by atoms with E-state index in [1.807, 2.05) is 0 Å². The van der Waals surface area contributed by atoms with Gasteiger partial charge in [0, 0.05) is 0 Å². The van der Waals surface area contributed by atoms with Gasteiger partial charge in [-0.2, -0.15) is 0 Å². The lowest BCUT2D eigenvalue weighted by atomic mass is 9.84. The topological polar surface area (TPSA) is 122 Å². The molecule has 0 spiro atoms. The Bertz CT molecular complexity index is 1030. The molecule has 32 heavy (non-hydrogen) atoms. The molecule has 2 aromatic rings. The van der Waals surface area contributed by atoms with Gasteiger partial charge in [0.15, 0.2) is 0 Å². The maximum Gasteiger partial charge on any atom is 0.289 e. The predicted octanol–water partition coefficient (Wildman–Crippen LogP) is 2.55. The number of hydrogen-bond acceptors (Lipinski definition) is 8. The summed E-state index contributed by atoms with van der Waals surface area (Å²) in [6.07, 6.45) is 0. The maximum absolute atomic E-state index is 13.3. The zero-order valence-electron chi connectivity index (χ0n) is 18.0. The highest BCUT2D eigenvalue weighted by Crippen LogP contribution is 2.30. The van der Waals surface area contributed by atoms with Gasteiger partial charge < -0.3 is 9.73 Å². The van der Waals surface area contributed by atoms with Crippen LogP contribution in [0.1, 0.15) is 49.8 Å². The van der Waals surface area contributed by atoms with Gasteiger partial charge in [0.2, 0.25) is 23.5 Å². The third-order valence-corrected chi connectivity index (χ3v) is 6.00. The molecule has 0 saturated carbocycles. The first-order valence-corrected chi connectivity index (χ1v) is 10.9. The van der Waals surface area contributed by atoms with E-state index in [1.165, 1.54) is 12.1 Å². The normalized spacial score (nSPS) is 15.4. The fraction of sp³-hybridized carbons (Fsp3) is 0.429. The predicted molar refractivity (Wildman–Crippen MR) is 113 cm³/mol. The Balaban J connectivity index is 1.75. The van der Waals surface area contributed by atoms with E-state index in [2.05, 4.69) is 15.5 Å². The molecule has 0 radical (unpaired) electrons. The molecule has 1 saturated heterocycles. The van der Waals surface area contributed by atoms with Crippen LogP contribution in [0.5, 0.6) is 0 Å². The number of carbonyl (C=O) groups excluding carboxylic acids is 4. The van der Waals surface area contributed by atoms with Crippen LogP contribution in [-0.4, -0.2) is 56.3 Å². The Labute approximate surface area is 188 Å². The highest BCUT2D eigenvalue weighted by Gasteiger charge is 2.36. The lowest BCUT2D eigenvalue weighted by molar-refractivity contribution is -0.130. The van der Waals surface area contributed by atoms with E-state index in [0.29, 0.717) is 5.56 Å². The van der Waals surface area contributed by atoms with Gasteiger partial charge in [-0.1, -0.05) is 37.7 Å². The Kier molecular flexibility index (Phi) is 6.77. The summed E-state index contributed by atoms with van der Waals surface area (Å²) in [5, 5.41) is 9.89. The molecule has 1 N–H and O–H groups in total. The summed E-state index contributed by atoms with van der Waals surface area (Å²) < 4.78 is 18.9. The summed E-state index contributed by atoms with van der Waals surface area (Å²) in [5.74, 6) is -2.52. The molecule has 0 bridgehead atoms. The van der Waals surface area contributed by atoms with Crippen molar-refractivity contribution in [1.29, 1.82) is 0 Å². The number of nitrogens with zero attached hydrogens (tertiary/aromatic N) is 3. The molecule has 3 amide bonds. The van der Waals surface area contributed by atoms with Gasteiger partial charge in [0.05, 0.1) is 17.2 Å². The second kappa shape index (κ2) is 9.19. The lowest BCUT2D eigenvalue weighted by Crippen LogP contribution is -2.49. The largest absolute Gasteiger partial charge is 0.417 e. The fourth-order valence-corrected chi connectivity index (χ4v) is 3.85. The van der Waals surface area contributed by atoms with E-state index in [1.54, 1.807) is 39.8 Å². The maximum atomic E-state index is 13.3. The van der Waals surface area contributed by atoms with Gasteiger partial charge in [0.1, 0.15) is 12.4 Å². The number of aromatic nitrogens is 2. The average Bonchev–Trinajstić information content (AvgIpc) is 3.35. The van der Waals surface area contributed by atoms with E-state index >= 15 is 0 Å². The highest BCUT2D eigenvalue weighted by atomic mass is 32.2. The molecule has 170 valence electrons. The van der Waals surface area contributed by atoms with Crippen LogP contribution < -0.4 is 5.32 Å². The molecule has 11 heteroatoms. The van der Waals surface area contributed by atoms with E-state index in [0.717, 1.165) is 16.7 Å². The molecule has 2 heterocycles. The third kappa shape index (κ3) is 4.87. The highest BCUT2D eigenvalue weighted by molar-refractivity contribution is 8.14. The molecule has 1 aromatic heterocycles. The van der Waals surface area contributed by atoms with Crippen LogP contribution in [0.3, 0.4) is 0 Å². The minimum atomic E-state index is -0.995. The van der Waals surface area contributed by atoms with E-state index in [-0.39, 0.29) is 29.3 Å². The molecule has 3 rings (SSSR count). The van der Waals surface area contributed by atoms with Gasteiger partial charge in [-0.05, 0) is 37.5 Å². The van der Waals surface area contributed by atoms with Crippen LogP contribution in [0.4, 0.5) is 9.18 Å². The van der Waals surface area contributed by atoms with Gasteiger partial charge in [-0.3, -0.25) is 24.1 Å². The zero-order chi connectivity index (χ0) is 23.6. The number of nitrogens with one attached hydrogen (secondary N) is 1. The number of benzene rings is 1. The van der Waals surface area contributed by atoms with Crippen molar-refractivity contribution in [3.05, 3.63) is 47.4 Å². The standard InChI is InChI=1S/C21H23FN4O5S/c1-11(2)16(23-14(27)9-26-15(28)10-32-20(26)30)17(29)18-24-25-19(31-18)21(3,4)12-5-7-13(22)8-6-12/h5-8,11,16H,9-10H2,1-4H3,(H,23,27). The average molecular weight is 463 g/mol. The molecule has 1 aliphatic rings. The van der Waals surface area contributed by atoms with Crippen LogP contribution in [0.25, 0.3) is 0 Å². The molecule has 0 aliphatic carbocycles. The van der Waals surface area contributed by atoms with Crippen molar-refractivity contribution in [2.45, 2.75) is 39.2 Å². The second-order valence-corrected chi connectivity index (χ2v) is 9.16. The number of Topliss-reactive ketones (excluding diaryl/α,β-unsaturated/α-hetero) is 1. The van der Waals surface area contributed by atoms with E-state index in [4.69, 9.17) is 4.42 Å². The lowest BCUT2D eigenvalue weighted by Gasteiger charge is -2.22. The molecular weight excluding hydrogens is 439 g/mol. The second-order valence-electron chi connectivity index (χ2n) is 8.23. The van der Waals surface area contributed by atoms with Crippen LogP contribution in [-0.2, 0) is 15.0 Å². The number of ketones is 1. The van der Waals surface area contributed by atoms with Gasteiger partial charge in [-0.25, -0.2) is 4.39 Å².